The zero-order valence-electron chi connectivity index (χ0n) is 21.2. The summed E-state index contributed by atoms with van der Waals surface area (Å²) in [6, 6.07) is 19.1. The average Bonchev–Trinajstić information content (AvgIpc) is 2.96. The van der Waals surface area contributed by atoms with Crippen LogP contribution in [0.4, 0.5) is 11.4 Å². The van der Waals surface area contributed by atoms with Crippen LogP contribution < -0.4 is 20.9 Å². The van der Waals surface area contributed by atoms with E-state index < -0.39 is 11.8 Å². The number of para-hydroxylation sites is 2. The van der Waals surface area contributed by atoms with Gasteiger partial charge in [0.2, 0.25) is 11.8 Å². The fourth-order valence-corrected chi connectivity index (χ4v) is 5.96. The van der Waals surface area contributed by atoms with E-state index in [1.54, 1.807) is 10.0 Å². The first-order valence-electron chi connectivity index (χ1n) is 13.4. The minimum Gasteiger partial charge on any atom is -0.273 e. The number of hydrazine groups is 2. The van der Waals surface area contributed by atoms with Gasteiger partial charge in [0.1, 0.15) is 16.4 Å². The predicted molar refractivity (Wildman–Crippen MR) is 157 cm³/mol. The zero-order chi connectivity index (χ0) is 26.0. The lowest BCUT2D eigenvalue weighted by Crippen LogP contribution is -2.52. The van der Waals surface area contributed by atoms with Gasteiger partial charge < -0.3 is 0 Å². The number of nitrogens with one attached hydrogen (secondary N) is 2. The summed E-state index contributed by atoms with van der Waals surface area (Å²) in [4.78, 5) is 27.6. The van der Waals surface area contributed by atoms with Crippen LogP contribution in [0.15, 0.2) is 60.7 Å². The van der Waals surface area contributed by atoms with E-state index in [4.69, 9.17) is 24.4 Å². The van der Waals surface area contributed by atoms with Crippen molar-refractivity contribution in [1.82, 2.24) is 10.9 Å². The number of anilines is 2. The van der Waals surface area contributed by atoms with E-state index in [2.05, 4.69) is 10.9 Å². The quantitative estimate of drug-likeness (QED) is 0.258. The molecule has 37 heavy (non-hydrogen) atoms. The Morgan fingerprint density at radius 3 is 1.32 bits per heavy atom. The largest absolute Gasteiger partial charge is 0.273 e. The molecule has 0 unspecified atom stereocenters. The predicted octanol–water partition coefficient (Wildman–Crippen LogP) is 6.27. The van der Waals surface area contributed by atoms with Gasteiger partial charge in [0.15, 0.2) is 0 Å². The summed E-state index contributed by atoms with van der Waals surface area (Å²) in [5.74, 6) is -0.369. The summed E-state index contributed by atoms with van der Waals surface area (Å²) in [5, 5.41) is 3.37. The number of nitrogens with zero attached hydrogens (tertiary/aromatic N) is 2. The summed E-state index contributed by atoms with van der Waals surface area (Å²) in [5.41, 5.74) is 7.39. The average molecular weight is 537 g/mol. The van der Waals surface area contributed by atoms with Crippen molar-refractivity contribution in [1.29, 1.82) is 0 Å². The molecule has 0 bridgehead atoms. The molecule has 0 aliphatic heterocycles. The van der Waals surface area contributed by atoms with Gasteiger partial charge in [-0.1, -0.05) is 99.4 Å². The van der Waals surface area contributed by atoms with E-state index in [-0.39, 0.29) is 18.3 Å². The molecule has 196 valence electrons. The highest BCUT2D eigenvalue weighted by atomic mass is 32.1. The molecule has 2 aliphatic carbocycles. The molecule has 2 saturated carbocycles. The fourth-order valence-electron chi connectivity index (χ4n) is 5.19. The Bertz CT molecular complexity index is 982. The number of hydrogen-bond acceptors (Lipinski definition) is 4. The minimum absolute atomic E-state index is 0.236. The monoisotopic (exact) mass is 536 g/mol. The van der Waals surface area contributed by atoms with Crippen LogP contribution in [0.3, 0.4) is 0 Å². The molecule has 2 amide bonds. The van der Waals surface area contributed by atoms with E-state index in [0.717, 1.165) is 62.7 Å². The topological polar surface area (TPSA) is 64.7 Å². The van der Waals surface area contributed by atoms with Crippen LogP contribution in [0.2, 0.25) is 0 Å². The molecule has 6 nitrogen and oxygen atoms in total. The van der Waals surface area contributed by atoms with Crippen molar-refractivity contribution in [2.75, 3.05) is 10.0 Å². The number of carbonyl (C=O) groups is 2. The van der Waals surface area contributed by atoms with Gasteiger partial charge in [-0.2, -0.15) is 0 Å². The number of benzene rings is 2. The van der Waals surface area contributed by atoms with E-state index in [1.807, 2.05) is 60.7 Å². The lowest BCUT2D eigenvalue weighted by Gasteiger charge is -2.33. The van der Waals surface area contributed by atoms with Crippen LogP contribution in [0.1, 0.15) is 70.6 Å². The fraction of sp³-hybridized carbons (Fsp3) is 0.448. The maximum absolute atomic E-state index is 13.1. The number of carbonyl (C=O) groups excluding carboxylic acids is 2. The SMILES string of the molecule is O=C(CC(=O)NN(C(=S)C1CCCCC1)c1ccccc1)NN(C(=S)C1CCCCC1)c1ccccc1. The highest BCUT2D eigenvalue weighted by molar-refractivity contribution is 7.80. The molecule has 2 fully saturated rings. The highest BCUT2D eigenvalue weighted by Gasteiger charge is 2.28. The maximum atomic E-state index is 13.1. The zero-order valence-corrected chi connectivity index (χ0v) is 22.9. The summed E-state index contributed by atoms with van der Waals surface area (Å²) in [7, 11) is 0. The van der Waals surface area contributed by atoms with Gasteiger partial charge >= 0.3 is 0 Å². The second kappa shape index (κ2) is 13.6. The Morgan fingerprint density at radius 2 is 0.973 bits per heavy atom. The van der Waals surface area contributed by atoms with Crippen molar-refractivity contribution in [3.8, 4) is 0 Å². The number of amides is 2. The molecule has 0 heterocycles. The highest BCUT2D eigenvalue weighted by Crippen LogP contribution is 2.29. The molecule has 0 aromatic heterocycles. The van der Waals surface area contributed by atoms with Crippen LogP contribution in [-0.4, -0.2) is 21.8 Å². The van der Waals surface area contributed by atoms with Crippen LogP contribution in [0, 0.1) is 11.8 Å². The van der Waals surface area contributed by atoms with E-state index in [1.165, 1.54) is 12.8 Å². The van der Waals surface area contributed by atoms with Gasteiger partial charge in [-0.3, -0.25) is 20.4 Å². The van der Waals surface area contributed by atoms with Crippen molar-refractivity contribution < 1.29 is 9.59 Å². The van der Waals surface area contributed by atoms with Gasteiger partial charge in [0.05, 0.1) is 11.4 Å². The van der Waals surface area contributed by atoms with Crippen LogP contribution in [0.5, 0.6) is 0 Å². The minimum atomic E-state index is -0.420. The van der Waals surface area contributed by atoms with Gasteiger partial charge in [-0.25, -0.2) is 10.0 Å². The van der Waals surface area contributed by atoms with Gasteiger partial charge in [0.25, 0.3) is 0 Å². The second-order valence-corrected chi connectivity index (χ2v) is 10.8. The third kappa shape index (κ3) is 7.58. The molecule has 0 spiro atoms. The Labute approximate surface area is 230 Å². The lowest BCUT2D eigenvalue weighted by molar-refractivity contribution is -0.129. The second-order valence-electron chi connectivity index (χ2n) is 9.93. The molecule has 4 rings (SSSR count). The molecule has 2 aromatic carbocycles. The first-order chi connectivity index (χ1) is 18.0. The summed E-state index contributed by atoms with van der Waals surface area (Å²) < 4.78 is 0. The van der Waals surface area contributed by atoms with Crippen LogP contribution >= 0.6 is 24.4 Å². The van der Waals surface area contributed by atoms with Crippen molar-refractivity contribution in [2.24, 2.45) is 11.8 Å². The van der Waals surface area contributed by atoms with Crippen molar-refractivity contribution in [3.05, 3.63) is 60.7 Å². The van der Waals surface area contributed by atoms with E-state index in [9.17, 15) is 9.59 Å². The Morgan fingerprint density at radius 1 is 0.622 bits per heavy atom. The lowest BCUT2D eigenvalue weighted by atomic mass is 9.89. The summed E-state index contributed by atoms with van der Waals surface area (Å²) in [6.07, 6.45) is 10.7. The number of thiocarbonyl (C=S) groups is 2. The normalized spacial score (nSPS) is 16.4. The Balaban J connectivity index is 1.43. The molecule has 2 N–H and O–H groups in total. The Hall–Kier alpha value is -2.84. The summed E-state index contributed by atoms with van der Waals surface area (Å²) >= 11 is 11.7. The van der Waals surface area contributed by atoms with Gasteiger partial charge in [-0.05, 0) is 49.9 Å². The van der Waals surface area contributed by atoms with Gasteiger partial charge in [-0.15, -0.1) is 0 Å². The molecule has 0 saturated heterocycles. The van der Waals surface area contributed by atoms with Crippen molar-refractivity contribution in [2.45, 2.75) is 70.6 Å². The third-order valence-corrected chi connectivity index (χ3v) is 8.20. The smallest absolute Gasteiger partial charge is 0.248 e. The first-order valence-corrected chi connectivity index (χ1v) is 14.2. The van der Waals surface area contributed by atoms with Crippen molar-refractivity contribution in [3.63, 3.8) is 0 Å². The van der Waals surface area contributed by atoms with Crippen LogP contribution in [-0.2, 0) is 9.59 Å². The molecular formula is C29H36N4O2S2. The Kier molecular flexibility index (Phi) is 10.0. The molecule has 2 aliphatic rings. The number of rotatable bonds is 6. The molecule has 0 radical (unpaired) electrons. The molecule has 0 atom stereocenters. The van der Waals surface area contributed by atoms with Crippen LogP contribution in [0.25, 0.3) is 0 Å². The molecule has 2 aromatic rings. The van der Waals surface area contributed by atoms with E-state index in [0.29, 0.717) is 9.98 Å². The maximum Gasteiger partial charge on any atom is 0.248 e. The van der Waals surface area contributed by atoms with Gasteiger partial charge in [0, 0.05) is 11.8 Å². The summed E-state index contributed by atoms with van der Waals surface area (Å²) in [6.45, 7) is 0. The van der Waals surface area contributed by atoms with Crippen molar-refractivity contribution >= 4 is 57.6 Å². The molecule has 8 heteroatoms. The number of hydrogen-bond donors (Lipinski definition) is 2. The third-order valence-electron chi connectivity index (χ3n) is 7.17. The standard InChI is InChI=1S/C29H36N4O2S2/c34-26(30-32(24-17-9-3-10-18-24)28(36)22-13-5-1-6-14-22)21-27(35)31-33(25-19-11-4-12-20-25)29(37)23-15-7-2-8-16-23/h3-4,9-12,17-20,22-23H,1-2,5-8,13-16,21H2,(H,30,34)(H,31,35). The first kappa shape index (κ1) is 27.2. The van der Waals surface area contributed by atoms with E-state index >= 15 is 0 Å². The molecular weight excluding hydrogens is 500 g/mol.